The van der Waals surface area contributed by atoms with Gasteiger partial charge >= 0.3 is 5.97 Å². The lowest BCUT2D eigenvalue weighted by Crippen LogP contribution is -2.31. The van der Waals surface area contributed by atoms with Gasteiger partial charge in [0.2, 0.25) is 5.91 Å². The molecule has 7 nitrogen and oxygen atoms in total. The summed E-state index contributed by atoms with van der Waals surface area (Å²) in [5, 5.41) is 0.686. The van der Waals surface area contributed by atoms with Crippen molar-refractivity contribution in [3.63, 3.8) is 0 Å². The molecule has 0 unspecified atom stereocenters. The van der Waals surface area contributed by atoms with E-state index in [2.05, 4.69) is 15.6 Å². The number of hydrogen-bond donors (Lipinski definition) is 0. The number of hydroxylamine groups is 2. The average Bonchev–Trinajstić information content (AvgIpc) is 2.34. The predicted molar refractivity (Wildman–Crippen MR) is 72.9 cm³/mol. The quantitative estimate of drug-likeness (QED) is 0.359. The highest BCUT2D eigenvalue weighted by Crippen LogP contribution is 2.04. The second-order valence-corrected chi connectivity index (χ2v) is 5.92. The highest BCUT2D eigenvalue weighted by Gasteiger charge is 2.19. The van der Waals surface area contributed by atoms with Crippen molar-refractivity contribution in [1.82, 2.24) is 5.06 Å². The molecule has 0 spiro atoms. The van der Waals surface area contributed by atoms with E-state index in [4.69, 9.17) is 0 Å². The molecule has 1 amide bonds. The average molecular weight is 307 g/mol. The van der Waals surface area contributed by atoms with Crippen molar-refractivity contribution in [1.29, 1.82) is 0 Å². The van der Waals surface area contributed by atoms with Gasteiger partial charge in [-0.2, -0.15) is 8.42 Å². The van der Waals surface area contributed by atoms with E-state index in [1.54, 1.807) is 0 Å². The smallest absolute Gasteiger partial charge is 0.333 e. The zero-order chi connectivity index (χ0) is 15.8. The van der Waals surface area contributed by atoms with Gasteiger partial charge < -0.3 is 4.74 Å². The molecule has 8 heteroatoms. The third-order valence-electron chi connectivity index (χ3n) is 2.24. The number of esters is 1. The van der Waals surface area contributed by atoms with Gasteiger partial charge in [-0.25, -0.2) is 9.86 Å². The van der Waals surface area contributed by atoms with E-state index >= 15 is 0 Å². The van der Waals surface area contributed by atoms with Gasteiger partial charge in [0.15, 0.2) is 0 Å². The molecular weight excluding hydrogens is 286 g/mol. The summed E-state index contributed by atoms with van der Waals surface area (Å²) in [5.74, 6) is -1.63. The number of unbranched alkanes of at least 4 members (excludes halogenated alkanes) is 1. The van der Waals surface area contributed by atoms with Crippen LogP contribution in [0.3, 0.4) is 0 Å². The Labute approximate surface area is 119 Å². The van der Waals surface area contributed by atoms with Crippen LogP contribution in [0.2, 0.25) is 0 Å². The zero-order valence-electron chi connectivity index (χ0n) is 12.0. The van der Waals surface area contributed by atoms with E-state index in [0.717, 1.165) is 6.42 Å². The summed E-state index contributed by atoms with van der Waals surface area (Å²) in [6.45, 7) is 6.38. The number of nitrogens with zero attached hydrogens (tertiary/aromatic N) is 1. The van der Waals surface area contributed by atoms with Crippen molar-refractivity contribution < 1.29 is 27.0 Å². The van der Waals surface area contributed by atoms with Gasteiger partial charge in [-0.05, 0) is 13.3 Å². The van der Waals surface area contributed by atoms with Crippen LogP contribution in [0.1, 0.15) is 33.1 Å². The Bertz CT molecular complexity index is 457. The van der Waals surface area contributed by atoms with Crippen LogP contribution in [0.4, 0.5) is 0 Å². The number of rotatable bonds is 9. The fraction of sp³-hybridized carbons (Fsp3) is 0.667. The van der Waals surface area contributed by atoms with E-state index in [1.807, 2.05) is 6.92 Å². The molecular formula is C12H21NO6S. The predicted octanol–water partition coefficient (Wildman–Crippen LogP) is 1.02. The first-order chi connectivity index (χ1) is 9.19. The second-order valence-electron chi connectivity index (χ2n) is 4.25. The summed E-state index contributed by atoms with van der Waals surface area (Å²) in [7, 11) is -2.74. The fourth-order valence-corrected chi connectivity index (χ4v) is 1.88. The molecule has 0 rings (SSSR count). The van der Waals surface area contributed by atoms with E-state index in [-0.39, 0.29) is 18.6 Å². The minimum absolute atomic E-state index is 0.176. The Balaban J connectivity index is 4.21. The first kappa shape index (κ1) is 18.6. The van der Waals surface area contributed by atoms with E-state index < -0.39 is 27.7 Å². The van der Waals surface area contributed by atoms with Crippen LogP contribution in [0.15, 0.2) is 12.2 Å². The van der Waals surface area contributed by atoms with Crippen LogP contribution in [-0.4, -0.2) is 44.8 Å². The maximum absolute atomic E-state index is 11.5. The van der Waals surface area contributed by atoms with Crippen LogP contribution in [0.5, 0.6) is 0 Å². The Morgan fingerprint density at radius 3 is 2.40 bits per heavy atom. The molecule has 0 aromatic rings. The van der Waals surface area contributed by atoms with Crippen molar-refractivity contribution in [3.8, 4) is 0 Å². The molecule has 0 radical (unpaired) electrons. The summed E-state index contributed by atoms with van der Waals surface area (Å²) >= 11 is 0. The van der Waals surface area contributed by atoms with E-state index in [9.17, 15) is 18.0 Å². The van der Waals surface area contributed by atoms with E-state index in [0.29, 0.717) is 11.5 Å². The highest BCUT2D eigenvalue weighted by molar-refractivity contribution is 7.86. The number of carbonyl (C=O) groups is 2. The molecule has 116 valence electrons. The minimum atomic E-state index is -3.97. The summed E-state index contributed by atoms with van der Waals surface area (Å²) in [6, 6.07) is 0. The van der Waals surface area contributed by atoms with Gasteiger partial charge in [-0.3, -0.25) is 4.79 Å². The van der Waals surface area contributed by atoms with Gasteiger partial charge in [-0.15, -0.1) is 4.28 Å². The number of ether oxygens (including phenoxy) is 1. The van der Waals surface area contributed by atoms with Crippen LogP contribution in [-0.2, 0) is 28.7 Å². The van der Waals surface area contributed by atoms with Crippen LogP contribution >= 0.6 is 0 Å². The molecule has 0 fully saturated rings. The lowest BCUT2D eigenvalue weighted by atomic mass is 10.2. The molecule has 0 aliphatic heterocycles. The van der Waals surface area contributed by atoms with Gasteiger partial charge in [0.25, 0.3) is 10.1 Å². The van der Waals surface area contributed by atoms with Crippen LogP contribution in [0, 0.1) is 0 Å². The molecule has 0 bridgehead atoms. The van der Waals surface area contributed by atoms with Crippen LogP contribution in [0.25, 0.3) is 0 Å². The van der Waals surface area contributed by atoms with Crippen molar-refractivity contribution in [2.75, 3.05) is 19.4 Å². The third kappa shape index (κ3) is 7.90. The summed E-state index contributed by atoms with van der Waals surface area (Å²) in [4.78, 5) is 22.5. The number of carbonyl (C=O) groups excluding carboxylic acids is 2. The highest BCUT2D eigenvalue weighted by atomic mass is 32.2. The maximum atomic E-state index is 11.5. The fourth-order valence-electron chi connectivity index (χ4n) is 1.09. The largest absolute Gasteiger partial charge is 0.461 e. The first-order valence-corrected chi connectivity index (χ1v) is 7.78. The molecule has 0 saturated carbocycles. The van der Waals surface area contributed by atoms with Gasteiger partial charge in [0, 0.05) is 19.0 Å². The minimum Gasteiger partial charge on any atom is -0.461 e. The lowest BCUT2D eigenvalue weighted by molar-refractivity contribution is -0.152. The summed E-state index contributed by atoms with van der Waals surface area (Å²) < 4.78 is 32.3. The van der Waals surface area contributed by atoms with Gasteiger partial charge in [0.05, 0.1) is 0 Å². The van der Waals surface area contributed by atoms with Crippen molar-refractivity contribution in [2.24, 2.45) is 0 Å². The Hall–Kier alpha value is -1.41. The first-order valence-electron chi connectivity index (χ1n) is 6.21. The SMILES string of the molecule is C=C(C)C(=O)OCCS(=O)(=O)ON(C)C(=O)CCCC. The Kier molecular flexibility index (Phi) is 8.09. The van der Waals surface area contributed by atoms with Crippen molar-refractivity contribution in [2.45, 2.75) is 33.1 Å². The van der Waals surface area contributed by atoms with Crippen molar-refractivity contribution >= 4 is 22.0 Å². The molecule has 0 saturated heterocycles. The lowest BCUT2D eigenvalue weighted by Gasteiger charge is -2.15. The third-order valence-corrected chi connectivity index (χ3v) is 3.35. The zero-order valence-corrected chi connectivity index (χ0v) is 12.9. The monoisotopic (exact) mass is 307 g/mol. The standard InChI is InChI=1S/C12H21NO6S/c1-5-6-7-11(14)13(4)19-20(16,17)9-8-18-12(15)10(2)3/h2,5-9H2,1,3-4H3. The molecule has 20 heavy (non-hydrogen) atoms. The van der Waals surface area contributed by atoms with Crippen LogP contribution < -0.4 is 0 Å². The van der Waals surface area contributed by atoms with Gasteiger partial charge in [-0.1, -0.05) is 19.9 Å². The molecule has 0 aliphatic carbocycles. The molecule has 0 aliphatic rings. The Morgan fingerprint density at radius 2 is 1.90 bits per heavy atom. The number of hydrogen-bond acceptors (Lipinski definition) is 6. The maximum Gasteiger partial charge on any atom is 0.333 e. The molecule has 0 heterocycles. The van der Waals surface area contributed by atoms with E-state index in [1.165, 1.54) is 14.0 Å². The summed E-state index contributed by atoms with van der Waals surface area (Å²) in [5.41, 5.74) is 0.176. The molecule has 0 atom stereocenters. The Morgan fingerprint density at radius 1 is 1.30 bits per heavy atom. The molecule has 0 aromatic carbocycles. The second kappa shape index (κ2) is 8.70. The van der Waals surface area contributed by atoms with Gasteiger partial charge in [0.1, 0.15) is 12.4 Å². The van der Waals surface area contributed by atoms with Crippen molar-refractivity contribution in [3.05, 3.63) is 12.2 Å². The normalized spacial score (nSPS) is 10.9. The molecule has 0 N–H and O–H groups in total. The summed E-state index contributed by atoms with van der Waals surface area (Å²) in [6.07, 6.45) is 1.69. The number of amides is 1. The topological polar surface area (TPSA) is 90.0 Å². The molecule has 0 aromatic heterocycles.